The molecule has 2 atom stereocenters. The van der Waals surface area contributed by atoms with Crippen molar-refractivity contribution in [1.29, 1.82) is 0 Å². The van der Waals surface area contributed by atoms with E-state index in [0.717, 1.165) is 16.0 Å². The van der Waals surface area contributed by atoms with Crippen molar-refractivity contribution in [2.75, 3.05) is 26.2 Å². The standard InChI is InChI=1S/C28H26N2O6/c1-15-10-11-20(16(2)12-15)29-23(17-13-21(34-3)25(36-5)22(14-17)35-4)24(28(29)33)30-26(31)18-8-6-7-9-19(18)27(30)32/h6-14,23-24H,1-5H3/t23-,24+/m0/s1. The molecule has 0 aliphatic carbocycles. The lowest BCUT2D eigenvalue weighted by Gasteiger charge is -2.50. The molecule has 0 N–H and O–H groups in total. The van der Waals surface area contributed by atoms with E-state index in [2.05, 4.69) is 0 Å². The number of β-lactam (4-membered cyclic amide) rings is 1. The fraction of sp³-hybridized carbons (Fsp3) is 0.250. The Morgan fingerprint density at radius 2 is 1.28 bits per heavy atom. The highest BCUT2D eigenvalue weighted by molar-refractivity contribution is 6.24. The van der Waals surface area contributed by atoms with Crippen molar-refractivity contribution >= 4 is 23.4 Å². The number of anilines is 1. The van der Waals surface area contributed by atoms with E-state index in [0.29, 0.717) is 39.6 Å². The molecule has 3 aromatic rings. The van der Waals surface area contributed by atoms with Crippen molar-refractivity contribution in [1.82, 2.24) is 4.90 Å². The molecule has 0 bridgehead atoms. The molecular weight excluding hydrogens is 460 g/mol. The van der Waals surface area contributed by atoms with Crippen LogP contribution >= 0.6 is 0 Å². The summed E-state index contributed by atoms with van der Waals surface area (Å²) in [6.45, 7) is 3.91. The van der Waals surface area contributed by atoms with Crippen LogP contribution in [0.15, 0.2) is 54.6 Å². The normalized spacial score (nSPS) is 18.8. The van der Waals surface area contributed by atoms with E-state index in [1.165, 1.54) is 21.3 Å². The fourth-order valence-corrected chi connectivity index (χ4v) is 5.13. The second-order valence-electron chi connectivity index (χ2n) is 8.87. The van der Waals surface area contributed by atoms with Gasteiger partial charge in [0.15, 0.2) is 11.5 Å². The van der Waals surface area contributed by atoms with Crippen molar-refractivity contribution in [3.8, 4) is 17.2 Å². The maximum Gasteiger partial charge on any atom is 0.262 e. The molecule has 0 spiro atoms. The predicted octanol–water partition coefficient (Wildman–Crippen LogP) is 4.08. The van der Waals surface area contributed by atoms with Crippen LogP contribution in [0.5, 0.6) is 17.2 Å². The van der Waals surface area contributed by atoms with Crippen LogP contribution < -0.4 is 19.1 Å². The summed E-state index contributed by atoms with van der Waals surface area (Å²) in [5, 5.41) is 0. The maximum atomic E-state index is 13.7. The van der Waals surface area contributed by atoms with E-state index >= 15 is 0 Å². The van der Waals surface area contributed by atoms with Crippen molar-refractivity contribution in [3.05, 3.63) is 82.4 Å². The average Bonchev–Trinajstić information content (AvgIpc) is 3.12. The highest BCUT2D eigenvalue weighted by Crippen LogP contribution is 2.48. The largest absolute Gasteiger partial charge is 0.493 e. The number of ether oxygens (including phenoxy) is 3. The van der Waals surface area contributed by atoms with Crippen molar-refractivity contribution in [2.45, 2.75) is 25.9 Å². The Kier molecular flexibility index (Phi) is 5.67. The number of benzene rings is 3. The van der Waals surface area contributed by atoms with Crippen LogP contribution in [0, 0.1) is 13.8 Å². The molecule has 2 aliphatic rings. The summed E-state index contributed by atoms with van der Waals surface area (Å²) in [4.78, 5) is 43.1. The Labute approximate surface area is 209 Å². The summed E-state index contributed by atoms with van der Waals surface area (Å²) in [7, 11) is 4.53. The molecule has 0 radical (unpaired) electrons. The number of fused-ring (bicyclic) bond motifs is 1. The zero-order chi connectivity index (χ0) is 25.7. The Bertz CT molecular complexity index is 1350. The first-order chi connectivity index (χ1) is 17.3. The van der Waals surface area contributed by atoms with Crippen molar-refractivity contribution in [3.63, 3.8) is 0 Å². The highest BCUT2D eigenvalue weighted by atomic mass is 16.5. The van der Waals surface area contributed by atoms with E-state index in [-0.39, 0.29) is 5.91 Å². The van der Waals surface area contributed by atoms with Crippen molar-refractivity contribution < 1.29 is 28.6 Å². The molecule has 8 heteroatoms. The molecule has 1 saturated heterocycles. The monoisotopic (exact) mass is 486 g/mol. The van der Waals surface area contributed by atoms with Crippen LogP contribution in [0.1, 0.15) is 43.4 Å². The van der Waals surface area contributed by atoms with Gasteiger partial charge >= 0.3 is 0 Å². The molecule has 184 valence electrons. The molecule has 0 saturated carbocycles. The lowest BCUT2D eigenvalue weighted by molar-refractivity contribution is -0.130. The zero-order valence-corrected chi connectivity index (χ0v) is 20.7. The van der Waals surface area contributed by atoms with Crippen LogP contribution in [-0.4, -0.2) is 50.0 Å². The fourth-order valence-electron chi connectivity index (χ4n) is 5.13. The third-order valence-corrected chi connectivity index (χ3v) is 6.81. The summed E-state index contributed by atoms with van der Waals surface area (Å²) < 4.78 is 16.5. The topological polar surface area (TPSA) is 85.4 Å². The molecule has 2 heterocycles. The van der Waals surface area contributed by atoms with E-state index < -0.39 is 23.9 Å². The van der Waals surface area contributed by atoms with Gasteiger partial charge in [-0.1, -0.05) is 29.8 Å². The number of imide groups is 1. The minimum atomic E-state index is -1.03. The van der Waals surface area contributed by atoms with Gasteiger partial charge in [0, 0.05) is 5.69 Å². The Balaban J connectivity index is 1.67. The summed E-state index contributed by atoms with van der Waals surface area (Å²) in [6.07, 6.45) is 0. The van der Waals surface area contributed by atoms with Crippen LogP contribution in [0.4, 0.5) is 5.69 Å². The molecule has 2 aliphatic heterocycles. The van der Waals surface area contributed by atoms with Gasteiger partial charge in [0.2, 0.25) is 5.75 Å². The van der Waals surface area contributed by atoms with E-state index in [4.69, 9.17) is 14.2 Å². The number of hydrogen-bond donors (Lipinski definition) is 0. The summed E-state index contributed by atoms with van der Waals surface area (Å²) in [5.74, 6) is -0.0703. The molecule has 0 unspecified atom stereocenters. The zero-order valence-electron chi connectivity index (χ0n) is 20.7. The maximum absolute atomic E-state index is 13.7. The van der Waals surface area contributed by atoms with E-state index in [1.54, 1.807) is 41.3 Å². The molecule has 0 aromatic heterocycles. The van der Waals surface area contributed by atoms with Gasteiger partial charge in [-0.15, -0.1) is 0 Å². The Morgan fingerprint density at radius 3 is 1.78 bits per heavy atom. The Morgan fingerprint density at radius 1 is 0.694 bits per heavy atom. The molecule has 5 rings (SSSR count). The highest BCUT2D eigenvalue weighted by Gasteiger charge is 2.57. The number of carbonyl (C=O) groups is 3. The van der Waals surface area contributed by atoms with Gasteiger partial charge in [0.1, 0.15) is 6.04 Å². The number of aryl methyl sites for hydroxylation is 2. The minimum Gasteiger partial charge on any atom is -0.493 e. The third kappa shape index (κ3) is 3.32. The van der Waals surface area contributed by atoms with Crippen LogP contribution in [-0.2, 0) is 4.79 Å². The number of hydrogen-bond acceptors (Lipinski definition) is 6. The van der Waals surface area contributed by atoms with E-state index in [9.17, 15) is 14.4 Å². The SMILES string of the molecule is COc1cc([C@H]2[C@@H](N3C(=O)c4ccccc4C3=O)C(=O)N2c2ccc(C)cc2C)cc(OC)c1OC. The van der Waals surface area contributed by atoms with Crippen LogP contribution in [0.25, 0.3) is 0 Å². The van der Waals surface area contributed by atoms with Crippen LogP contribution in [0.3, 0.4) is 0 Å². The number of amides is 3. The van der Waals surface area contributed by atoms with Gasteiger partial charge in [-0.3, -0.25) is 19.3 Å². The molecule has 3 amide bonds. The van der Waals surface area contributed by atoms with Gasteiger partial charge in [-0.25, -0.2) is 0 Å². The van der Waals surface area contributed by atoms with Gasteiger partial charge in [0.25, 0.3) is 17.7 Å². The molecular formula is C28H26N2O6. The molecule has 3 aromatic carbocycles. The minimum absolute atomic E-state index is 0.295. The number of methoxy groups -OCH3 is 3. The van der Waals surface area contributed by atoms with Crippen molar-refractivity contribution in [2.24, 2.45) is 0 Å². The smallest absolute Gasteiger partial charge is 0.262 e. The number of rotatable bonds is 6. The van der Waals surface area contributed by atoms with Gasteiger partial charge in [-0.2, -0.15) is 0 Å². The number of carbonyl (C=O) groups excluding carboxylic acids is 3. The average molecular weight is 487 g/mol. The first kappa shape index (κ1) is 23.4. The molecule has 1 fully saturated rings. The van der Waals surface area contributed by atoms with Crippen LogP contribution in [0.2, 0.25) is 0 Å². The van der Waals surface area contributed by atoms with Gasteiger partial charge < -0.3 is 19.1 Å². The summed E-state index contributed by atoms with van der Waals surface area (Å²) in [6, 6.07) is 14.2. The molecule has 8 nitrogen and oxygen atoms in total. The quantitative estimate of drug-likeness (QED) is 0.386. The third-order valence-electron chi connectivity index (χ3n) is 6.81. The summed E-state index contributed by atoms with van der Waals surface area (Å²) >= 11 is 0. The van der Waals surface area contributed by atoms with Gasteiger partial charge in [0.05, 0.1) is 38.5 Å². The van der Waals surface area contributed by atoms with E-state index in [1.807, 2.05) is 32.0 Å². The second-order valence-corrected chi connectivity index (χ2v) is 8.87. The first-order valence-corrected chi connectivity index (χ1v) is 11.5. The number of nitrogens with zero attached hydrogens (tertiary/aromatic N) is 2. The van der Waals surface area contributed by atoms with Gasteiger partial charge in [-0.05, 0) is 55.3 Å². The second kappa shape index (κ2) is 8.71. The lowest BCUT2D eigenvalue weighted by atomic mass is 9.85. The summed E-state index contributed by atoms with van der Waals surface area (Å²) in [5.41, 5.74) is 3.91. The lowest BCUT2D eigenvalue weighted by Crippen LogP contribution is -2.67. The predicted molar refractivity (Wildman–Crippen MR) is 133 cm³/mol. The Hall–Kier alpha value is -4.33. The molecule has 36 heavy (non-hydrogen) atoms. The first-order valence-electron chi connectivity index (χ1n) is 11.5.